The molecule has 11 nitrogen and oxygen atoms in total. The zero-order chi connectivity index (χ0) is 22.8. The Hall–Kier alpha value is -3.96. The van der Waals surface area contributed by atoms with Gasteiger partial charge in [-0.3, -0.25) is 14.7 Å². The number of H-pyrrole nitrogens is 1. The van der Waals surface area contributed by atoms with Crippen molar-refractivity contribution in [2.75, 3.05) is 50.7 Å². The predicted molar refractivity (Wildman–Crippen MR) is 121 cm³/mol. The van der Waals surface area contributed by atoms with Crippen molar-refractivity contribution in [3.05, 3.63) is 48.2 Å². The Morgan fingerprint density at radius 1 is 1.18 bits per heavy atom. The number of morpholine rings is 1. The molecule has 1 aliphatic rings. The molecule has 1 fully saturated rings. The van der Waals surface area contributed by atoms with Gasteiger partial charge in [-0.05, 0) is 5.56 Å². The molecule has 0 saturated carbocycles. The highest BCUT2D eigenvalue weighted by atomic mass is 16.7. The predicted octanol–water partition coefficient (Wildman–Crippen LogP) is 2.83. The molecule has 1 amide bonds. The average Bonchev–Trinajstić information content (AvgIpc) is 3.51. The van der Waals surface area contributed by atoms with E-state index in [9.17, 15) is 4.79 Å². The van der Waals surface area contributed by atoms with Crippen molar-refractivity contribution in [3.8, 4) is 11.3 Å². The lowest BCUT2D eigenvalue weighted by Gasteiger charge is -2.27. The summed E-state index contributed by atoms with van der Waals surface area (Å²) in [5.41, 5.74) is 2.82. The molecule has 0 aliphatic carbocycles. The summed E-state index contributed by atoms with van der Waals surface area (Å²) in [6.07, 6.45) is 0. The van der Waals surface area contributed by atoms with Gasteiger partial charge in [-0.15, -0.1) is 0 Å². The summed E-state index contributed by atoms with van der Waals surface area (Å²) in [7, 11) is 2.92. The molecule has 0 bridgehead atoms. The van der Waals surface area contributed by atoms with Gasteiger partial charge in [-0.1, -0.05) is 30.3 Å². The number of nitrogens with zero attached hydrogens (tertiary/aromatic N) is 5. The molecule has 33 heavy (non-hydrogen) atoms. The number of ether oxygens (including phenoxy) is 1. The summed E-state index contributed by atoms with van der Waals surface area (Å²) < 4.78 is 11.3. The third kappa shape index (κ3) is 4.23. The Labute approximate surface area is 189 Å². The highest BCUT2D eigenvalue weighted by molar-refractivity contribution is 5.97. The molecular weight excluding hydrogens is 426 g/mol. The van der Waals surface area contributed by atoms with E-state index >= 15 is 0 Å². The Morgan fingerprint density at radius 3 is 2.73 bits per heavy atom. The van der Waals surface area contributed by atoms with Crippen molar-refractivity contribution in [3.63, 3.8) is 0 Å². The van der Waals surface area contributed by atoms with Crippen LogP contribution >= 0.6 is 0 Å². The lowest BCUT2D eigenvalue weighted by atomic mass is 10.2. The average molecular weight is 449 g/mol. The zero-order valence-electron chi connectivity index (χ0n) is 18.2. The Balaban J connectivity index is 1.51. The SMILES string of the molecule is CON(C)C(=O)c1cc2nc(Nc3cc(-c4ccccc4)[nH]n3)nc(N3CCOCC3)c2o1. The minimum atomic E-state index is -0.419. The second-order valence-electron chi connectivity index (χ2n) is 7.44. The maximum atomic E-state index is 12.5. The highest BCUT2D eigenvalue weighted by Crippen LogP contribution is 2.30. The number of aromatic amines is 1. The lowest BCUT2D eigenvalue weighted by molar-refractivity contribution is -0.0772. The molecule has 2 N–H and O–H groups in total. The number of carbonyl (C=O) groups is 1. The number of rotatable bonds is 6. The molecule has 11 heteroatoms. The van der Waals surface area contributed by atoms with Crippen LogP contribution in [-0.2, 0) is 9.57 Å². The van der Waals surface area contributed by atoms with E-state index in [2.05, 4.69) is 30.4 Å². The van der Waals surface area contributed by atoms with Gasteiger partial charge in [0.05, 0.1) is 26.0 Å². The number of hydrogen-bond donors (Lipinski definition) is 2. The Morgan fingerprint density at radius 2 is 1.97 bits per heavy atom. The number of amides is 1. The van der Waals surface area contributed by atoms with E-state index in [1.54, 1.807) is 6.07 Å². The number of hydrogen-bond acceptors (Lipinski definition) is 9. The normalized spacial score (nSPS) is 13.9. The number of anilines is 3. The second-order valence-corrected chi connectivity index (χ2v) is 7.44. The van der Waals surface area contributed by atoms with Crippen LogP contribution in [0.25, 0.3) is 22.4 Å². The van der Waals surface area contributed by atoms with Crippen LogP contribution in [0.2, 0.25) is 0 Å². The van der Waals surface area contributed by atoms with E-state index in [0.29, 0.717) is 55.0 Å². The van der Waals surface area contributed by atoms with Crippen LogP contribution in [0.15, 0.2) is 46.9 Å². The van der Waals surface area contributed by atoms with E-state index in [1.807, 2.05) is 36.4 Å². The smallest absolute Gasteiger partial charge is 0.312 e. The van der Waals surface area contributed by atoms with Gasteiger partial charge < -0.3 is 19.4 Å². The van der Waals surface area contributed by atoms with Crippen molar-refractivity contribution in [1.29, 1.82) is 0 Å². The summed E-state index contributed by atoms with van der Waals surface area (Å²) in [6.45, 7) is 2.45. The van der Waals surface area contributed by atoms with Crippen LogP contribution in [-0.4, -0.2) is 71.6 Å². The first-order valence-electron chi connectivity index (χ1n) is 10.5. The fraction of sp³-hybridized carbons (Fsp3) is 0.273. The molecule has 1 saturated heterocycles. The summed E-state index contributed by atoms with van der Waals surface area (Å²) in [5.74, 6) is 1.19. The molecule has 170 valence electrons. The van der Waals surface area contributed by atoms with Crippen LogP contribution in [0.4, 0.5) is 17.6 Å². The maximum Gasteiger partial charge on any atom is 0.312 e. The molecule has 0 spiro atoms. The van der Waals surface area contributed by atoms with Crippen molar-refractivity contribution in [2.24, 2.45) is 0 Å². The zero-order valence-corrected chi connectivity index (χ0v) is 18.2. The molecular formula is C22H23N7O4. The van der Waals surface area contributed by atoms with Gasteiger partial charge in [-0.25, -0.2) is 10.0 Å². The summed E-state index contributed by atoms with van der Waals surface area (Å²) in [5, 5.41) is 11.6. The van der Waals surface area contributed by atoms with Gasteiger partial charge in [0.1, 0.15) is 5.52 Å². The molecule has 1 aromatic carbocycles. The largest absolute Gasteiger partial charge is 0.445 e. The van der Waals surface area contributed by atoms with Crippen molar-refractivity contribution in [1.82, 2.24) is 25.2 Å². The molecule has 5 rings (SSSR count). The molecule has 4 heterocycles. The van der Waals surface area contributed by atoms with Crippen molar-refractivity contribution >= 4 is 34.6 Å². The summed E-state index contributed by atoms with van der Waals surface area (Å²) in [6, 6.07) is 13.4. The number of hydroxylamine groups is 2. The number of nitrogens with one attached hydrogen (secondary N) is 2. The van der Waals surface area contributed by atoms with Gasteiger partial charge in [0, 0.05) is 32.3 Å². The molecule has 3 aromatic heterocycles. The van der Waals surface area contributed by atoms with Crippen LogP contribution in [0.5, 0.6) is 0 Å². The lowest BCUT2D eigenvalue weighted by Crippen LogP contribution is -2.37. The fourth-order valence-electron chi connectivity index (χ4n) is 3.57. The number of furan rings is 1. The Kier molecular flexibility index (Phi) is 5.63. The van der Waals surface area contributed by atoms with Crippen molar-refractivity contribution < 1.29 is 18.8 Å². The first-order valence-corrected chi connectivity index (χ1v) is 10.5. The van der Waals surface area contributed by atoms with Crippen LogP contribution in [0.1, 0.15) is 10.6 Å². The standard InChI is InChI=1S/C22H23N7O4/c1-28(31-2)21(30)17-12-16-19(33-17)20(29-8-10-32-11-9-29)25-22(23-16)24-18-13-15(26-27-18)14-6-4-3-5-7-14/h3-7,12-13H,8-11H2,1-2H3,(H2,23,24,25,26,27). The summed E-state index contributed by atoms with van der Waals surface area (Å²) in [4.78, 5) is 28.8. The topological polar surface area (TPSA) is 122 Å². The van der Waals surface area contributed by atoms with Gasteiger partial charge in [0.25, 0.3) is 0 Å². The molecule has 4 aromatic rings. The summed E-state index contributed by atoms with van der Waals surface area (Å²) >= 11 is 0. The minimum absolute atomic E-state index is 0.112. The quantitative estimate of drug-likeness (QED) is 0.428. The third-order valence-electron chi connectivity index (χ3n) is 5.34. The Bertz CT molecular complexity index is 1260. The molecule has 0 unspecified atom stereocenters. The van der Waals surface area contributed by atoms with E-state index < -0.39 is 5.91 Å². The molecule has 1 aliphatic heterocycles. The van der Waals surface area contributed by atoms with Gasteiger partial charge >= 0.3 is 5.91 Å². The first-order chi connectivity index (χ1) is 16.1. The highest BCUT2D eigenvalue weighted by Gasteiger charge is 2.24. The molecule has 0 radical (unpaired) electrons. The second kappa shape index (κ2) is 8.88. The number of benzene rings is 1. The number of carbonyl (C=O) groups excluding carboxylic acids is 1. The maximum absolute atomic E-state index is 12.5. The minimum Gasteiger partial charge on any atom is -0.445 e. The molecule has 0 atom stereocenters. The van der Waals surface area contributed by atoms with Crippen LogP contribution in [0, 0.1) is 0 Å². The van der Waals surface area contributed by atoms with Crippen LogP contribution in [0.3, 0.4) is 0 Å². The number of aromatic nitrogens is 4. The van der Waals surface area contributed by atoms with Gasteiger partial charge in [0.2, 0.25) is 5.95 Å². The fourth-order valence-corrected chi connectivity index (χ4v) is 3.57. The van der Waals surface area contributed by atoms with E-state index in [-0.39, 0.29) is 5.76 Å². The van der Waals surface area contributed by atoms with Gasteiger partial charge in [0.15, 0.2) is 23.0 Å². The number of fused-ring (bicyclic) bond motifs is 1. The first kappa shape index (κ1) is 20.9. The third-order valence-corrected chi connectivity index (χ3v) is 5.34. The monoisotopic (exact) mass is 449 g/mol. The van der Waals surface area contributed by atoms with E-state index in [0.717, 1.165) is 16.3 Å². The van der Waals surface area contributed by atoms with Crippen molar-refractivity contribution in [2.45, 2.75) is 0 Å². The van der Waals surface area contributed by atoms with Crippen LogP contribution < -0.4 is 10.2 Å². The van der Waals surface area contributed by atoms with Gasteiger partial charge in [-0.2, -0.15) is 10.1 Å². The van der Waals surface area contributed by atoms with E-state index in [1.165, 1.54) is 14.2 Å². The van der Waals surface area contributed by atoms with E-state index in [4.69, 9.17) is 14.0 Å².